The molecule has 3 aromatic carbocycles. The fourth-order valence-electron chi connectivity index (χ4n) is 3.34. The minimum absolute atomic E-state index is 0.137. The summed E-state index contributed by atoms with van der Waals surface area (Å²) in [5, 5.41) is 0.547. The Hall–Kier alpha value is -2.52. The summed E-state index contributed by atoms with van der Waals surface area (Å²) in [6, 6.07) is 14.6. The first kappa shape index (κ1) is 25.6. The quantitative estimate of drug-likeness (QED) is 0.261. The van der Waals surface area contributed by atoms with Crippen molar-refractivity contribution in [3.8, 4) is 11.5 Å². The average Bonchev–Trinajstić information content (AvgIpc) is 3.07. The van der Waals surface area contributed by atoms with Crippen molar-refractivity contribution in [3.05, 3.63) is 96.5 Å². The number of rotatable bonds is 7. The molecule has 0 aromatic heterocycles. The van der Waals surface area contributed by atoms with Crippen molar-refractivity contribution < 1.29 is 23.5 Å². The molecule has 35 heavy (non-hydrogen) atoms. The second-order valence-electron chi connectivity index (χ2n) is 7.42. The SMILES string of the molecule is COc1cc(/C=C2/SC(=O)N(Cc3ccccc3F)C2=O)cc(Br)c1OCc1ccc(Cl)cc1Cl. The lowest BCUT2D eigenvalue weighted by atomic mass is 10.1. The molecule has 3 aromatic rings. The molecule has 2 amide bonds. The summed E-state index contributed by atoms with van der Waals surface area (Å²) < 4.78 is 26.0. The lowest BCUT2D eigenvalue weighted by Crippen LogP contribution is -2.27. The van der Waals surface area contributed by atoms with E-state index in [1.807, 2.05) is 0 Å². The summed E-state index contributed by atoms with van der Waals surface area (Å²) >= 11 is 16.5. The Labute approximate surface area is 223 Å². The monoisotopic (exact) mass is 595 g/mol. The summed E-state index contributed by atoms with van der Waals surface area (Å²) in [5.41, 5.74) is 1.63. The van der Waals surface area contributed by atoms with E-state index in [0.29, 0.717) is 31.6 Å². The first-order chi connectivity index (χ1) is 16.8. The van der Waals surface area contributed by atoms with Crippen LogP contribution in [0.25, 0.3) is 6.08 Å². The van der Waals surface area contributed by atoms with Gasteiger partial charge in [-0.25, -0.2) is 4.39 Å². The predicted octanol–water partition coefficient (Wildman–Crippen LogP) is 7.72. The molecule has 0 N–H and O–H groups in total. The van der Waals surface area contributed by atoms with Crippen molar-refractivity contribution in [2.45, 2.75) is 13.2 Å². The first-order valence-electron chi connectivity index (χ1n) is 10.2. The molecule has 1 aliphatic rings. The Bertz CT molecular complexity index is 1350. The van der Waals surface area contributed by atoms with E-state index in [0.717, 1.165) is 22.2 Å². The molecule has 1 heterocycles. The van der Waals surface area contributed by atoms with Crippen LogP contribution < -0.4 is 9.47 Å². The second-order valence-corrected chi connectivity index (χ2v) is 10.1. The zero-order valence-electron chi connectivity index (χ0n) is 18.2. The van der Waals surface area contributed by atoms with Crippen LogP contribution in [0.4, 0.5) is 9.18 Å². The van der Waals surface area contributed by atoms with Crippen LogP contribution >= 0.6 is 50.9 Å². The highest BCUT2D eigenvalue weighted by Gasteiger charge is 2.35. The highest BCUT2D eigenvalue weighted by molar-refractivity contribution is 9.10. The maximum atomic E-state index is 14.0. The van der Waals surface area contributed by atoms with Gasteiger partial charge in [0.2, 0.25) is 0 Å². The van der Waals surface area contributed by atoms with Crippen LogP contribution in [-0.2, 0) is 17.9 Å². The third kappa shape index (κ3) is 5.83. The van der Waals surface area contributed by atoms with Crippen molar-refractivity contribution in [2.24, 2.45) is 0 Å². The Morgan fingerprint density at radius 1 is 1.09 bits per heavy atom. The normalized spacial score (nSPS) is 14.7. The molecular weight excluding hydrogens is 580 g/mol. The molecule has 4 rings (SSSR count). The minimum Gasteiger partial charge on any atom is -0.493 e. The topological polar surface area (TPSA) is 55.8 Å². The van der Waals surface area contributed by atoms with E-state index in [-0.39, 0.29) is 23.6 Å². The molecule has 1 aliphatic heterocycles. The third-order valence-corrected chi connectivity index (χ3v) is 7.18. The maximum absolute atomic E-state index is 14.0. The fraction of sp³-hybridized carbons (Fsp3) is 0.120. The van der Waals surface area contributed by atoms with Gasteiger partial charge < -0.3 is 9.47 Å². The van der Waals surface area contributed by atoms with E-state index in [1.165, 1.54) is 13.2 Å². The van der Waals surface area contributed by atoms with Gasteiger partial charge in [0.15, 0.2) is 11.5 Å². The third-order valence-electron chi connectivity index (χ3n) is 5.10. The Morgan fingerprint density at radius 2 is 1.86 bits per heavy atom. The summed E-state index contributed by atoms with van der Waals surface area (Å²) in [7, 11) is 1.50. The summed E-state index contributed by atoms with van der Waals surface area (Å²) in [5.74, 6) is -0.0969. The Balaban J connectivity index is 1.54. The molecular formula is C25H17BrCl2FNO4S. The molecule has 10 heteroatoms. The molecule has 180 valence electrons. The van der Waals surface area contributed by atoms with Gasteiger partial charge in [0.1, 0.15) is 12.4 Å². The number of halogens is 4. The highest BCUT2D eigenvalue weighted by Crippen LogP contribution is 2.40. The number of ether oxygens (including phenoxy) is 2. The second kappa shape index (κ2) is 11.0. The number of amides is 2. The zero-order valence-corrected chi connectivity index (χ0v) is 22.1. The van der Waals surface area contributed by atoms with Crippen LogP contribution in [-0.4, -0.2) is 23.2 Å². The number of thioether (sulfide) groups is 1. The van der Waals surface area contributed by atoms with E-state index >= 15 is 0 Å². The molecule has 0 spiro atoms. The molecule has 0 bridgehead atoms. The minimum atomic E-state index is -0.490. The number of hydrogen-bond acceptors (Lipinski definition) is 5. The van der Waals surface area contributed by atoms with E-state index in [9.17, 15) is 14.0 Å². The Kier molecular flexibility index (Phi) is 8.06. The van der Waals surface area contributed by atoms with E-state index in [1.54, 1.807) is 54.6 Å². The number of methoxy groups -OCH3 is 1. The average molecular weight is 597 g/mol. The van der Waals surface area contributed by atoms with Gasteiger partial charge in [0.25, 0.3) is 11.1 Å². The molecule has 0 aliphatic carbocycles. The number of hydrogen-bond donors (Lipinski definition) is 0. The number of carbonyl (C=O) groups excluding carboxylic acids is 2. The van der Waals surface area contributed by atoms with Crippen molar-refractivity contribution in [3.63, 3.8) is 0 Å². The van der Waals surface area contributed by atoms with E-state index in [2.05, 4.69) is 15.9 Å². The lowest BCUT2D eigenvalue weighted by molar-refractivity contribution is -0.123. The van der Waals surface area contributed by atoms with Crippen molar-refractivity contribution in [1.82, 2.24) is 4.90 Å². The lowest BCUT2D eigenvalue weighted by Gasteiger charge is -2.14. The van der Waals surface area contributed by atoms with Gasteiger partial charge in [0.05, 0.1) is 23.0 Å². The van der Waals surface area contributed by atoms with Gasteiger partial charge in [-0.05, 0) is 69.7 Å². The van der Waals surface area contributed by atoms with Crippen LogP contribution in [0, 0.1) is 5.82 Å². The van der Waals surface area contributed by atoms with Crippen LogP contribution in [0.2, 0.25) is 10.0 Å². The Morgan fingerprint density at radius 3 is 2.57 bits per heavy atom. The van der Waals surface area contributed by atoms with Crippen LogP contribution in [0.15, 0.2) is 64.0 Å². The highest BCUT2D eigenvalue weighted by atomic mass is 79.9. The predicted molar refractivity (Wildman–Crippen MR) is 139 cm³/mol. The van der Waals surface area contributed by atoms with Crippen LogP contribution in [0.1, 0.15) is 16.7 Å². The maximum Gasteiger partial charge on any atom is 0.293 e. The van der Waals surface area contributed by atoms with E-state index in [4.69, 9.17) is 32.7 Å². The fourth-order valence-corrected chi connectivity index (χ4v) is 5.21. The molecule has 0 atom stereocenters. The molecule has 1 saturated heterocycles. The number of benzene rings is 3. The van der Waals surface area contributed by atoms with Crippen LogP contribution in [0.3, 0.4) is 0 Å². The molecule has 0 radical (unpaired) electrons. The summed E-state index contributed by atoms with van der Waals surface area (Å²) in [4.78, 5) is 26.6. The number of carbonyl (C=O) groups is 2. The molecule has 0 unspecified atom stereocenters. The smallest absolute Gasteiger partial charge is 0.293 e. The number of imide groups is 1. The van der Waals surface area contributed by atoms with Gasteiger partial charge in [-0.3, -0.25) is 14.5 Å². The van der Waals surface area contributed by atoms with Gasteiger partial charge >= 0.3 is 0 Å². The van der Waals surface area contributed by atoms with Crippen LogP contribution in [0.5, 0.6) is 11.5 Å². The van der Waals surface area contributed by atoms with Gasteiger partial charge in [-0.2, -0.15) is 0 Å². The van der Waals surface area contributed by atoms with Gasteiger partial charge in [-0.15, -0.1) is 0 Å². The van der Waals surface area contributed by atoms with Crippen molar-refractivity contribution >= 4 is 68.1 Å². The summed E-state index contributed by atoms with van der Waals surface area (Å²) in [6.45, 7) is 0.0426. The standard InChI is InChI=1S/C25H17BrCl2FNO4S/c1-33-21-9-14(8-18(26)23(21)34-13-16-6-7-17(27)11-19(16)28)10-22-24(31)30(25(32)35-22)12-15-4-2-3-5-20(15)29/h2-11H,12-13H2,1H3/b22-10+. The number of nitrogens with zero attached hydrogens (tertiary/aromatic N) is 1. The largest absolute Gasteiger partial charge is 0.493 e. The zero-order chi connectivity index (χ0) is 25.1. The van der Waals surface area contributed by atoms with Gasteiger partial charge in [-0.1, -0.05) is 47.5 Å². The van der Waals surface area contributed by atoms with Crippen molar-refractivity contribution in [2.75, 3.05) is 7.11 Å². The first-order valence-corrected chi connectivity index (χ1v) is 12.6. The summed E-state index contributed by atoms with van der Waals surface area (Å²) in [6.07, 6.45) is 1.58. The molecule has 1 fully saturated rings. The van der Waals surface area contributed by atoms with Crippen molar-refractivity contribution in [1.29, 1.82) is 0 Å². The molecule has 5 nitrogen and oxygen atoms in total. The van der Waals surface area contributed by atoms with Gasteiger partial charge in [0, 0.05) is 21.2 Å². The molecule has 0 saturated carbocycles. The van der Waals surface area contributed by atoms with E-state index < -0.39 is 17.0 Å².